The molecule has 1 saturated heterocycles. The fourth-order valence-electron chi connectivity index (χ4n) is 5.39. The Morgan fingerprint density at radius 3 is 2.82 bits per heavy atom. The summed E-state index contributed by atoms with van der Waals surface area (Å²) in [5, 5.41) is 3.98. The number of benzene rings is 1. The number of amides is 1. The van der Waals surface area contributed by atoms with Crippen LogP contribution in [0.5, 0.6) is 0 Å². The van der Waals surface area contributed by atoms with Gasteiger partial charge in [-0.3, -0.25) is 14.2 Å². The highest BCUT2D eigenvalue weighted by Gasteiger charge is 2.35. The van der Waals surface area contributed by atoms with Crippen LogP contribution < -0.4 is 10.0 Å². The van der Waals surface area contributed by atoms with E-state index in [-0.39, 0.29) is 35.2 Å². The first-order valence-electron chi connectivity index (χ1n) is 13.1. The lowest BCUT2D eigenvalue weighted by Crippen LogP contribution is -2.51. The minimum Gasteiger partial charge on any atom is -0.383 e. The smallest absolute Gasteiger partial charge is 0.243 e. The van der Waals surface area contributed by atoms with E-state index < -0.39 is 16.1 Å². The van der Waals surface area contributed by atoms with E-state index in [0.29, 0.717) is 49.6 Å². The molecule has 2 aliphatic heterocycles. The van der Waals surface area contributed by atoms with Gasteiger partial charge in [0.1, 0.15) is 10.9 Å². The van der Waals surface area contributed by atoms with Gasteiger partial charge in [-0.1, -0.05) is 26.0 Å². The van der Waals surface area contributed by atoms with Gasteiger partial charge in [-0.05, 0) is 54.7 Å². The number of nitrogens with zero attached hydrogens (tertiary/aromatic N) is 3. The minimum absolute atomic E-state index is 0.0112. The lowest BCUT2D eigenvalue weighted by atomic mass is 9.82. The van der Waals surface area contributed by atoms with Crippen LogP contribution in [0.15, 0.2) is 41.6 Å². The highest BCUT2D eigenvalue weighted by molar-refractivity contribution is 7.89. The topological polar surface area (TPSA) is 104 Å². The minimum atomic E-state index is -4.04. The van der Waals surface area contributed by atoms with Gasteiger partial charge < -0.3 is 10.2 Å². The Bertz CT molecular complexity index is 1380. The summed E-state index contributed by atoms with van der Waals surface area (Å²) < 4.78 is 44.0. The molecule has 8 nitrogen and oxygen atoms in total. The van der Waals surface area contributed by atoms with Crippen LogP contribution in [-0.2, 0) is 27.7 Å². The Morgan fingerprint density at radius 2 is 2.08 bits per heavy atom. The molecule has 38 heavy (non-hydrogen) atoms. The second-order valence-electron chi connectivity index (χ2n) is 11.1. The van der Waals surface area contributed by atoms with Crippen LogP contribution in [0.25, 0.3) is 10.2 Å². The van der Waals surface area contributed by atoms with E-state index in [2.05, 4.69) is 33.9 Å². The Balaban J connectivity index is 1.42. The molecule has 1 atom stereocenters. The summed E-state index contributed by atoms with van der Waals surface area (Å²) in [6, 6.07) is 6.13. The summed E-state index contributed by atoms with van der Waals surface area (Å²) in [4.78, 5) is 24.3. The maximum atomic E-state index is 13.8. The third-order valence-corrected chi connectivity index (χ3v) is 10.0. The van der Waals surface area contributed by atoms with Crippen molar-refractivity contribution >= 4 is 43.2 Å². The number of halogens is 1. The number of carbonyl (C=O) groups excluding carboxylic acids is 1. The Labute approximate surface area is 227 Å². The number of alkyl halides is 1. The number of aromatic nitrogens is 2. The number of hydrogen-bond donors (Lipinski definition) is 2. The molecular formula is C27H34FN5O3S2. The van der Waals surface area contributed by atoms with Crippen molar-refractivity contribution in [1.29, 1.82) is 0 Å². The van der Waals surface area contributed by atoms with Crippen molar-refractivity contribution in [3.8, 4) is 0 Å². The fourth-order valence-corrected chi connectivity index (χ4v) is 7.79. The standard InChI is InChI=1S/C27H34FN5O3S2/c1-27(2)15-19-4-3-5-23(25(19)30-17-27)38(35,36)32-20(14-24-31-21-16-29-11-7-22(21)37-24)26(34)33-12-8-18(6-10-28)9-13-33/h3-5,7,11,16,18,20,30,32H,6,8-10,12-15,17H2,1-2H3/t20-/m0/s1. The summed E-state index contributed by atoms with van der Waals surface area (Å²) in [5.74, 6) is -0.0225. The monoisotopic (exact) mass is 559 g/mol. The number of likely N-dealkylation sites (tertiary alicyclic amines) is 1. The molecule has 5 rings (SSSR count). The number of pyridine rings is 1. The number of thiazole rings is 1. The van der Waals surface area contributed by atoms with Gasteiger partial charge in [0.05, 0.1) is 33.8 Å². The maximum absolute atomic E-state index is 13.8. The highest BCUT2D eigenvalue weighted by Crippen LogP contribution is 2.36. The molecule has 0 saturated carbocycles. The average Bonchev–Trinajstić information content (AvgIpc) is 3.30. The molecule has 2 aliphatic rings. The number of fused-ring (bicyclic) bond motifs is 2. The number of piperidine rings is 1. The van der Waals surface area contributed by atoms with Gasteiger partial charge in [-0.2, -0.15) is 4.72 Å². The van der Waals surface area contributed by atoms with E-state index in [0.717, 1.165) is 22.2 Å². The molecule has 2 aromatic heterocycles. The normalized spacial score (nSPS) is 18.7. The Kier molecular flexibility index (Phi) is 7.70. The molecule has 4 heterocycles. The molecule has 2 N–H and O–H groups in total. The quantitative estimate of drug-likeness (QED) is 0.429. The Hall–Kier alpha value is -2.63. The molecule has 0 radical (unpaired) electrons. The van der Waals surface area contributed by atoms with Gasteiger partial charge in [-0.25, -0.2) is 13.4 Å². The number of para-hydroxylation sites is 1. The van der Waals surface area contributed by atoms with Crippen LogP contribution in [0, 0.1) is 11.3 Å². The zero-order valence-electron chi connectivity index (χ0n) is 21.7. The lowest BCUT2D eigenvalue weighted by molar-refractivity contribution is -0.134. The molecule has 0 spiro atoms. The first kappa shape index (κ1) is 27.0. The molecule has 0 aliphatic carbocycles. The SMILES string of the molecule is CC1(C)CNc2c(cccc2S(=O)(=O)N[C@@H](Cc2nc3cnccc3s2)C(=O)N2CCC(CCF)CC2)C1. The van der Waals surface area contributed by atoms with Crippen molar-refractivity contribution in [3.05, 3.63) is 47.2 Å². The summed E-state index contributed by atoms with van der Waals surface area (Å²) in [6.07, 6.45) is 6.17. The van der Waals surface area contributed by atoms with Gasteiger partial charge in [0.15, 0.2) is 0 Å². The molecular weight excluding hydrogens is 525 g/mol. The lowest BCUT2D eigenvalue weighted by Gasteiger charge is -2.35. The van der Waals surface area contributed by atoms with Crippen molar-refractivity contribution in [3.63, 3.8) is 0 Å². The van der Waals surface area contributed by atoms with Gasteiger partial charge in [0.25, 0.3) is 0 Å². The van der Waals surface area contributed by atoms with E-state index in [1.807, 2.05) is 12.1 Å². The van der Waals surface area contributed by atoms with Gasteiger partial charge in [0, 0.05) is 32.3 Å². The molecule has 3 aromatic rings. The van der Waals surface area contributed by atoms with Crippen molar-refractivity contribution in [2.45, 2.75) is 56.9 Å². The van der Waals surface area contributed by atoms with Crippen molar-refractivity contribution in [1.82, 2.24) is 19.6 Å². The van der Waals surface area contributed by atoms with Crippen LogP contribution >= 0.6 is 11.3 Å². The van der Waals surface area contributed by atoms with Crippen molar-refractivity contribution < 1.29 is 17.6 Å². The highest BCUT2D eigenvalue weighted by atomic mass is 32.2. The maximum Gasteiger partial charge on any atom is 0.243 e. The second kappa shape index (κ2) is 10.9. The van der Waals surface area contributed by atoms with E-state index in [9.17, 15) is 17.6 Å². The summed E-state index contributed by atoms with van der Waals surface area (Å²) in [5.41, 5.74) is 2.28. The zero-order chi connectivity index (χ0) is 26.9. The molecule has 1 amide bonds. The number of hydrogen-bond acceptors (Lipinski definition) is 7. The van der Waals surface area contributed by atoms with E-state index in [1.54, 1.807) is 29.4 Å². The predicted octanol–water partition coefficient (Wildman–Crippen LogP) is 4.17. The van der Waals surface area contributed by atoms with Crippen molar-refractivity contribution in [2.24, 2.45) is 11.3 Å². The fraction of sp³-hybridized carbons (Fsp3) is 0.519. The third kappa shape index (κ3) is 5.84. The van der Waals surface area contributed by atoms with Crippen LogP contribution in [0.2, 0.25) is 0 Å². The molecule has 0 unspecified atom stereocenters. The number of anilines is 1. The molecule has 204 valence electrons. The molecule has 1 fully saturated rings. The first-order valence-corrected chi connectivity index (χ1v) is 15.4. The Morgan fingerprint density at radius 1 is 1.29 bits per heavy atom. The average molecular weight is 560 g/mol. The van der Waals surface area contributed by atoms with Crippen LogP contribution in [0.1, 0.15) is 43.7 Å². The summed E-state index contributed by atoms with van der Waals surface area (Å²) in [7, 11) is -4.04. The third-order valence-electron chi connectivity index (χ3n) is 7.47. The summed E-state index contributed by atoms with van der Waals surface area (Å²) >= 11 is 1.43. The number of sulfonamides is 1. The zero-order valence-corrected chi connectivity index (χ0v) is 23.4. The van der Waals surface area contributed by atoms with Gasteiger partial charge >= 0.3 is 0 Å². The summed E-state index contributed by atoms with van der Waals surface area (Å²) in [6.45, 7) is 5.55. The van der Waals surface area contributed by atoms with Crippen LogP contribution in [0.3, 0.4) is 0 Å². The van der Waals surface area contributed by atoms with E-state index in [1.165, 1.54) is 11.3 Å². The predicted molar refractivity (Wildman–Crippen MR) is 148 cm³/mol. The molecule has 1 aromatic carbocycles. The number of nitrogens with one attached hydrogen (secondary N) is 2. The second-order valence-corrected chi connectivity index (χ2v) is 13.9. The van der Waals surface area contributed by atoms with Gasteiger partial charge in [-0.15, -0.1) is 11.3 Å². The van der Waals surface area contributed by atoms with E-state index >= 15 is 0 Å². The first-order chi connectivity index (χ1) is 18.1. The number of rotatable bonds is 8. The molecule has 11 heteroatoms. The largest absolute Gasteiger partial charge is 0.383 e. The van der Waals surface area contributed by atoms with Gasteiger partial charge in [0.2, 0.25) is 15.9 Å². The van der Waals surface area contributed by atoms with Crippen LogP contribution in [0.4, 0.5) is 10.1 Å². The van der Waals surface area contributed by atoms with E-state index in [4.69, 9.17) is 0 Å². The number of carbonyl (C=O) groups is 1. The molecule has 0 bridgehead atoms. The van der Waals surface area contributed by atoms with Crippen molar-refractivity contribution in [2.75, 3.05) is 31.6 Å². The van der Waals surface area contributed by atoms with Crippen LogP contribution in [-0.4, -0.2) is 61.5 Å².